The van der Waals surface area contributed by atoms with Gasteiger partial charge in [0.1, 0.15) is 0 Å². The lowest BCUT2D eigenvalue weighted by Gasteiger charge is -2.09. The van der Waals surface area contributed by atoms with E-state index in [0.29, 0.717) is 17.9 Å². The minimum absolute atomic E-state index is 0.204. The normalized spacial score (nSPS) is 10.9. The Balaban J connectivity index is 2.46. The summed E-state index contributed by atoms with van der Waals surface area (Å²) >= 11 is 0. The Morgan fingerprint density at radius 3 is 2.83 bits per heavy atom. The lowest BCUT2D eigenvalue weighted by Crippen LogP contribution is -2.28. The number of aromatic amines is 1. The van der Waals surface area contributed by atoms with Gasteiger partial charge in [-0.25, -0.2) is 0 Å². The van der Waals surface area contributed by atoms with Crippen molar-refractivity contribution in [3.8, 4) is 0 Å². The van der Waals surface area contributed by atoms with E-state index in [1.165, 1.54) is 0 Å². The van der Waals surface area contributed by atoms with Gasteiger partial charge < -0.3 is 16.0 Å². The molecular formula is C12H23N5O. The summed E-state index contributed by atoms with van der Waals surface area (Å²) in [4.78, 5) is 13.9. The van der Waals surface area contributed by atoms with Gasteiger partial charge in [0.25, 0.3) is 5.91 Å². The number of anilines is 1. The Kier molecular flexibility index (Phi) is 5.64. The Bertz CT molecular complexity index is 386. The summed E-state index contributed by atoms with van der Waals surface area (Å²) in [6.07, 6.45) is 2.69. The van der Waals surface area contributed by atoms with Gasteiger partial charge in [-0.3, -0.25) is 9.89 Å². The first kappa shape index (κ1) is 14.5. The van der Waals surface area contributed by atoms with Gasteiger partial charge in [-0.2, -0.15) is 5.10 Å². The minimum Gasteiger partial charge on any atom is -0.395 e. The Hall–Kier alpha value is -1.56. The molecule has 0 fully saturated rings. The lowest BCUT2D eigenvalue weighted by atomic mass is 10.2. The van der Waals surface area contributed by atoms with Gasteiger partial charge in [-0.1, -0.05) is 13.3 Å². The molecule has 6 nitrogen and oxygen atoms in total. The number of nitrogens with zero attached hydrogens (tertiary/aromatic N) is 2. The molecule has 102 valence electrons. The van der Waals surface area contributed by atoms with E-state index >= 15 is 0 Å². The van der Waals surface area contributed by atoms with Crippen LogP contribution >= 0.6 is 0 Å². The van der Waals surface area contributed by atoms with E-state index in [0.717, 1.165) is 31.5 Å². The lowest BCUT2D eigenvalue weighted by molar-refractivity contribution is 0.0948. The molecule has 0 radical (unpaired) electrons. The van der Waals surface area contributed by atoms with Gasteiger partial charge in [-0.05, 0) is 33.5 Å². The molecule has 0 aliphatic heterocycles. The zero-order valence-electron chi connectivity index (χ0n) is 11.4. The largest absolute Gasteiger partial charge is 0.395 e. The SMILES string of the molecule is CCCc1[nH]nc(C(=O)NCCCN(C)C)c1N. The smallest absolute Gasteiger partial charge is 0.273 e. The average molecular weight is 253 g/mol. The summed E-state index contributed by atoms with van der Waals surface area (Å²) in [5, 5.41) is 9.62. The number of carbonyl (C=O) groups excluding carboxylic acids is 1. The van der Waals surface area contributed by atoms with E-state index in [2.05, 4.69) is 27.3 Å². The summed E-state index contributed by atoms with van der Waals surface area (Å²) in [6, 6.07) is 0. The molecule has 18 heavy (non-hydrogen) atoms. The fraction of sp³-hybridized carbons (Fsp3) is 0.667. The molecule has 0 aliphatic rings. The van der Waals surface area contributed by atoms with Crippen LogP contribution in [0.15, 0.2) is 0 Å². The number of nitrogen functional groups attached to an aromatic ring is 1. The van der Waals surface area contributed by atoms with E-state index in [1.54, 1.807) is 0 Å². The molecule has 0 aromatic carbocycles. The standard InChI is InChI=1S/C12H23N5O/c1-4-6-9-10(13)11(16-15-9)12(18)14-7-5-8-17(2)3/h4-8,13H2,1-3H3,(H,14,18)(H,15,16). The molecule has 0 saturated heterocycles. The van der Waals surface area contributed by atoms with E-state index in [1.807, 2.05) is 14.1 Å². The quantitative estimate of drug-likeness (QED) is 0.622. The van der Waals surface area contributed by atoms with E-state index in [9.17, 15) is 4.79 Å². The van der Waals surface area contributed by atoms with Crippen molar-refractivity contribution in [2.75, 3.05) is 32.9 Å². The van der Waals surface area contributed by atoms with Gasteiger partial charge in [0, 0.05) is 6.54 Å². The number of H-pyrrole nitrogens is 1. The Morgan fingerprint density at radius 2 is 2.22 bits per heavy atom. The molecular weight excluding hydrogens is 230 g/mol. The van der Waals surface area contributed by atoms with Crippen molar-refractivity contribution in [3.05, 3.63) is 11.4 Å². The first-order valence-electron chi connectivity index (χ1n) is 6.31. The topological polar surface area (TPSA) is 87.0 Å². The zero-order valence-corrected chi connectivity index (χ0v) is 11.4. The first-order valence-corrected chi connectivity index (χ1v) is 6.31. The molecule has 1 rings (SSSR count). The molecule has 1 amide bonds. The van der Waals surface area contributed by atoms with Crippen LogP contribution in [0.25, 0.3) is 0 Å². The molecule has 0 unspecified atom stereocenters. The number of aromatic nitrogens is 2. The fourth-order valence-corrected chi connectivity index (χ4v) is 1.68. The second-order valence-corrected chi connectivity index (χ2v) is 4.63. The molecule has 6 heteroatoms. The maximum Gasteiger partial charge on any atom is 0.273 e. The average Bonchev–Trinajstić information content (AvgIpc) is 2.67. The number of nitrogens with one attached hydrogen (secondary N) is 2. The number of amides is 1. The number of carbonyl (C=O) groups is 1. The van der Waals surface area contributed by atoms with Crippen molar-refractivity contribution in [3.63, 3.8) is 0 Å². The second kappa shape index (κ2) is 7.00. The van der Waals surface area contributed by atoms with E-state index in [4.69, 9.17) is 5.73 Å². The highest BCUT2D eigenvalue weighted by atomic mass is 16.1. The third-order valence-electron chi connectivity index (χ3n) is 2.67. The number of hydrogen-bond donors (Lipinski definition) is 3. The van der Waals surface area contributed by atoms with Gasteiger partial charge in [0.15, 0.2) is 5.69 Å². The van der Waals surface area contributed by atoms with Crippen LogP contribution in [-0.2, 0) is 6.42 Å². The highest BCUT2D eigenvalue weighted by molar-refractivity contribution is 5.97. The maximum atomic E-state index is 11.8. The Morgan fingerprint density at radius 1 is 1.50 bits per heavy atom. The van der Waals surface area contributed by atoms with Crippen LogP contribution in [0.1, 0.15) is 35.9 Å². The van der Waals surface area contributed by atoms with Crippen molar-refractivity contribution < 1.29 is 4.79 Å². The van der Waals surface area contributed by atoms with Crippen LogP contribution in [0.3, 0.4) is 0 Å². The summed E-state index contributed by atoms with van der Waals surface area (Å²) in [6.45, 7) is 3.63. The number of hydrogen-bond acceptors (Lipinski definition) is 4. The third kappa shape index (κ3) is 4.03. The van der Waals surface area contributed by atoms with Crippen LogP contribution in [0, 0.1) is 0 Å². The molecule has 1 aromatic heterocycles. The number of rotatable bonds is 7. The molecule has 0 saturated carbocycles. The summed E-state index contributed by atoms with van der Waals surface area (Å²) in [5.41, 5.74) is 7.51. The van der Waals surface area contributed by atoms with Crippen LogP contribution in [0.5, 0.6) is 0 Å². The van der Waals surface area contributed by atoms with E-state index in [-0.39, 0.29) is 5.91 Å². The summed E-state index contributed by atoms with van der Waals surface area (Å²) in [7, 11) is 4.01. The zero-order chi connectivity index (χ0) is 13.5. The molecule has 1 aromatic rings. The highest BCUT2D eigenvalue weighted by Gasteiger charge is 2.16. The number of aryl methyl sites for hydroxylation is 1. The van der Waals surface area contributed by atoms with Gasteiger partial charge >= 0.3 is 0 Å². The first-order chi connectivity index (χ1) is 8.56. The van der Waals surface area contributed by atoms with Crippen molar-refractivity contribution in [2.45, 2.75) is 26.2 Å². The maximum absolute atomic E-state index is 11.8. The van der Waals surface area contributed by atoms with Crippen LogP contribution in [0.4, 0.5) is 5.69 Å². The van der Waals surface area contributed by atoms with Gasteiger partial charge in [-0.15, -0.1) is 0 Å². The van der Waals surface area contributed by atoms with Crippen molar-refractivity contribution >= 4 is 11.6 Å². The minimum atomic E-state index is -0.204. The summed E-state index contributed by atoms with van der Waals surface area (Å²) < 4.78 is 0. The highest BCUT2D eigenvalue weighted by Crippen LogP contribution is 2.15. The van der Waals surface area contributed by atoms with Crippen molar-refractivity contribution in [1.82, 2.24) is 20.4 Å². The monoisotopic (exact) mass is 253 g/mol. The third-order valence-corrected chi connectivity index (χ3v) is 2.67. The van der Waals surface area contributed by atoms with Gasteiger partial charge in [0.05, 0.1) is 11.4 Å². The molecule has 0 bridgehead atoms. The van der Waals surface area contributed by atoms with Crippen molar-refractivity contribution in [2.24, 2.45) is 0 Å². The van der Waals surface area contributed by atoms with Gasteiger partial charge in [0.2, 0.25) is 0 Å². The molecule has 0 atom stereocenters. The van der Waals surface area contributed by atoms with Crippen LogP contribution in [-0.4, -0.2) is 48.2 Å². The fourth-order valence-electron chi connectivity index (χ4n) is 1.68. The van der Waals surface area contributed by atoms with Crippen molar-refractivity contribution in [1.29, 1.82) is 0 Å². The van der Waals surface area contributed by atoms with E-state index < -0.39 is 0 Å². The second-order valence-electron chi connectivity index (χ2n) is 4.63. The van der Waals surface area contributed by atoms with Crippen LogP contribution < -0.4 is 11.1 Å². The molecule has 0 aliphatic carbocycles. The molecule has 1 heterocycles. The molecule has 0 spiro atoms. The predicted molar refractivity (Wildman–Crippen MR) is 72.5 cm³/mol. The Labute approximate surface area is 108 Å². The number of nitrogens with two attached hydrogens (primary N) is 1. The summed E-state index contributed by atoms with van der Waals surface area (Å²) in [5.74, 6) is -0.204. The predicted octanol–water partition coefficient (Wildman–Crippen LogP) is 0.626. The molecule has 4 N–H and O–H groups in total. The van der Waals surface area contributed by atoms with Crippen LogP contribution in [0.2, 0.25) is 0 Å².